The van der Waals surface area contributed by atoms with E-state index in [1.165, 1.54) is 0 Å². The summed E-state index contributed by atoms with van der Waals surface area (Å²) in [4.78, 5) is 13.7. The molecule has 1 amide bonds. The normalized spacial score (nSPS) is 27.3. The lowest BCUT2D eigenvalue weighted by Crippen LogP contribution is -2.43. The van der Waals surface area contributed by atoms with Gasteiger partial charge >= 0.3 is 0 Å². The summed E-state index contributed by atoms with van der Waals surface area (Å²) in [5.74, 6) is 0.354. The number of hydrogen-bond acceptors (Lipinski definition) is 1. The highest BCUT2D eigenvalue weighted by molar-refractivity contribution is 9.09. The number of amides is 1. The molecule has 0 radical (unpaired) electrons. The van der Waals surface area contributed by atoms with Crippen LogP contribution in [-0.4, -0.2) is 27.6 Å². The largest absolute Gasteiger partial charge is 0.336 e. The summed E-state index contributed by atoms with van der Waals surface area (Å²) < 4.78 is 0. The Morgan fingerprint density at radius 2 is 2.05 bits per heavy atom. The van der Waals surface area contributed by atoms with Gasteiger partial charge in [0.25, 0.3) is 0 Å². The van der Waals surface area contributed by atoms with E-state index in [-0.39, 0.29) is 17.7 Å². The molecule has 1 fully saturated rings. The molecule has 19 heavy (non-hydrogen) atoms. The Bertz CT molecular complexity index is 451. The fourth-order valence-electron chi connectivity index (χ4n) is 2.72. The first-order valence-corrected chi connectivity index (χ1v) is 8.08. The average molecular weight is 345 g/mol. The summed E-state index contributed by atoms with van der Waals surface area (Å²) >= 11 is 10.2. The van der Waals surface area contributed by atoms with Crippen LogP contribution < -0.4 is 0 Å². The summed E-state index contributed by atoms with van der Waals surface area (Å²) in [6.07, 6.45) is 0. The fourth-order valence-corrected chi connectivity index (χ4v) is 3.89. The van der Waals surface area contributed by atoms with Gasteiger partial charge in [0.15, 0.2) is 0 Å². The summed E-state index contributed by atoms with van der Waals surface area (Å²) in [5.41, 5.74) is 1.15. The molecule has 1 heterocycles. The number of likely N-dealkylation sites (tertiary alicyclic amines) is 1. The molecule has 104 valence electrons. The monoisotopic (exact) mass is 343 g/mol. The van der Waals surface area contributed by atoms with Crippen molar-refractivity contribution in [1.82, 2.24) is 4.90 Å². The van der Waals surface area contributed by atoms with Gasteiger partial charge in [0, 0.05) is 24.3 Å². The van der Waals surface area contributed by atoms with Gasteiger partial charge in [0.1, 0.15) is 4.87 Å². The summed E-state index contributed by atoms with van der Waals surface area (Å²) in [7, 11) is 0. The minimum absolute atomic E-state index is 0.0671. The fraction of sp³-hybridized carbons (Fsp3) is 0.533. The summed E-state index contributed by atoms with van der Waals surface area (Å²) in [6, 6.07) is 10.1. The maximum Gasteiger partial charge on any atom is 0.244 e. The molecule has 1 saturated heterocycles. The first-order chi connectivity index (χ1) is 9.00. The average Bonchev–Trinajstić information content (AvgIpc) is 2.65. The molecule has 1 aromatic carbocycles. The summed E-state index contributed by atoms with van der Waals surface area (Å²) in [6.45, 7) is 5.41. The highest BCUT2D eigenvalue weighted by atomic mass is 79.9. The van der Waals surface area contributed by atoms with Crippen LogP contribution in [0.2, 0.25) is 0 Å². The molecule has 2 atom stereocenters. The molecule has 4 heteroatoms. The van der Waals surface area contributed by atoms with Crippen molar-refractivity contribution in [2.24, 2.45) is 11.8 Å². The molecule has 2 rings (SSSR count). The van der Waals surface area contributed by atoms with E-state index in [9.17, 15) is 4.79 Å². The third kappa shape index (κ3) is 2.68. The number of hydrogen-bond donors (Lipinski definition) is 0. The molecule has 2 nitrogen and oxygen atoms in total. The molecule has 2 unspecified atom stereocenters. The zero-order valence-electron chi connectivity index (χ0n) is 11.3. The van der Waals surface area contributed by atoms with Crippen molar-refractivity contribution < 1.29 is 4.79 Å². The van der Waals surface area contributed by atoms with Crippen LogP contribution in [0.15, 0.2) is 30.3 Å². The third-order valence-corrected chi connectivity index (χ3v) is 5.58. The molecule has 0 aliphatic carbocycles. The Morgan fingerprint density at radius 3 is 2.53 bits per heavy atom. The minimum Gasteiger partial charge on any atom is -0.336 e. The Morgan fingerprint density at radius 1 is 1.42 bits per heavy atom. The van der Waals surface area contributed by atoms with Gasteiger partial charge in [-0.3, -0.25) is 4.79 Å². The van der Waals surface area contributed by atoms with Crippen LogP contribution in [0.4, 0.5) is 0 Å². The van der Waals surface area contributed by atoms with Crippen molar-refractivity contribution in [3.05, 3.63) is 35.9 Å². The van der Waals surface area contributed by atoms with Crippen LogP contribution >= 0.6 is 27.5 Å². The number of rotatable bonds is 4. The smallest absolute Gasteiger partial charge is 0.244 e. The van der Waals surface area contributed by atoms with E-state index >= 15 is 0 Å². The standard InChI is InChI=1S/C15H19BrClNO/c1-11(2)15(17)13(8-16)10-18(14(15)19)9-12-6-4-3-5-7-12/h3-7,11,13H,8-10H2,1-2H3. The lowest BCUT2D eigenvalue weighted by molar-refractivity contribution is -0.131. The first kappa shape index (κ1) is 14.9. The van der Waals surface area contributed by atoms with Crippen molar-refractivity contribution in [1.29, 1.82) is 0 Å². The zero-order chi connectivity index (χ0) is 14.0. The number of carbonyl (C=O) groups is 1. The second-order valence-corrected chi connectivity index (χ2v) is 6.72. The van der Waals surface area contributed by atoms with Gasteiger partial charge < -0.3 is 4.90 Å². The van der Waals surface area contributed by atoms with Crippen LogP contribution in [0.25, 0.3) is 0 Å². The molecule has 0 spiro atoms. The molecule has 1 aliphatic heterocycles. The summed E-state index contributed by atoms with van der Waals surface area (Å²) in [5, 5.41) is 0.756. The van der Waals surface area contributed by atoms with E-state index in [1.807, 2.05) is 49.1 Å². The number of halogens is 2. The maximum absolute atomic E-state index is 12.6. The number of benzene rings is 1. The Balaban J connectivity index is 2.19. The molecule has 0 N–H and O–H groups in total. The Hall–Kier alpha value is -0.540. The lowest BCUT2D eigenvalue weighted by atomic mass is 9.86. The molecule has 1 aromatic rings. The number of alkyl halides is 2. The van der Waals surface area contributed by atoms with Gasteiger partial charge in [-0.1, -0.05) is 60.1 Å². The van der Waals surface area contributed by atoms with E-state index in [1.54, 1.807) is 0 Å². The van der Waals surface area contributed by atoms with Gasteiger partial charge in [0.2, 0.25) is 5.91 Å². The van der Waals surface area contributed by atoms with Gasteiger partial charge in [-0.2, -0.15) is 0 Å². The van der Waals surface area contributed by atoms with E-state index in [4.69, 9.17) is 11.6 Å². The third-order valence-electron chi connectivity index (χ3n) is 3.89. The topological polar surface area (TPSA) is 20.3 Å². The van der Waals surface area contributed by atoms with E-state index in [2.05, 4.69) is 15.9 Å². The van der Waals surface area contributed by atoms with Crippen LogP contribution in [0.3, 0.4) is 0 Å². The van der Waals surface area contributed by atoms with Crippen molar-refractivity contribution >= 4 is 33.4 Å². The van der Waals surface area contributed by atoms with Gasteiger partial charge in [-0.25, -0.2) is 0 Å². The highest BCUT2D eigenvalue weighted by Gasteiger charge is 2.54. The van der Waals surface area contributed by atoms with Crippen molar-refractivity contribution in [3.8, 4) is 0 Å². The quantitative estimate of drug-likeness (QED) is 0.763. The predicted molar refractivity (Wildman–Crippen MR) is 82.6 cm³/mol. The molecular weight excluding hydrogens is 326 g/mol. The van der Waals surface area contributed by atoms with Crippen molar-refractivity contribution in [2.75, 3.05) is 11.9 Å². The van der Waals surface area contributed by atoms with Crippen LogP contribution in [0.1, 0.15) is 19.4 Å². The van der Waals surface area contributed by atoms with Gasteiger partial charge in [0.05, 0.1) is 0 Å². The Labute approximate surface area is 128 Å². The minimum atomic E-state index is -0.766. The molecule has 0 aromatic heterocycles. The molecule has 0 bridgehead atoms. The maximum atomic E-state index is 12.6. The molecule has 0 saturated carbocycles. The number of carbonyl (C=O) groups excluding carboxylic acids is 1. The van der Waals surface area contributed by atoms with Crippen LogP contribution in [0, 0.1) is 11.8 Å². The molecular formula is C15H19BrClNO. The van der Waals surface area contributed by atoms with Gasteiger partial charge in [-0.05, 0) is 11.5 Å². The van der Waals surface area contributed by atoms with Crippen LogP contribution in [-0.2, 0) is 11.3 Å². The first-order valence-electron chi connectivity index (χ1n) is 6.58. The second kappa shape index (κ2) is 5.84. The van der Waals surface area contributed by atoms with Crippen molar-refractivity contribution in [3.63, 3.8) is 0 Å². The zero-order valence-corrected chi connectivity index (χ0v) is 13.6. The SMILES string of the molecule is CC(C)C1(Cl)C(=O)N(Cc2ccccc2)CC1CBr. The number of nitrogens with zero attached hydrogens (tertiary/aromatic N) is 1. The second-order valence-electron chi connectivity index (χ2n) is 5.45. The van der Waals surface area contributed by atoms with E-state index in [0.29, 0.717) is 6.54 Å². The van der Waals surface area contributed by atoms with E-state index < -0.39 is 4.87 Å². The van der Waals surface area contributed by atoms with Crippen LogP contribution in [0.5, 0.6) is 0 Å². The molecule has 1 aliphatic rings. The van der Waals surface area contributed by atoms with Crippen molar-refractivity contribution in [2.45, 2.75) is 25.3 Å². The van der Waals surface area contributed by atoms with Gasteiger partial charge in [-0.15, -0.1) is 11.6 Å². The highest BCUT2D eigenvalue weighted by Crippen LogP contribution is 2.42. The van der Waals surface area contributed by atoms with E-state index in [0.717, 1.165) is 17.4 Å². The Kier molecular flexibility index (Phi) is 4.57. The predicted octanol–water partition coefficient (Wildman–Crippen LogP) is 3.67. The lowest BCUT2D eigenvalue weighted by Gasteiger charge is -2.29.